The van der Waals surface area contributed by atoms with Crippen molar-refractivity contribution in [2.45, 2.75) is 0 Å². The van der Waals surface area contributed by atoms with Crippen molar-refractivity contribution in [1.82, 2.24) is 4.98 Å². The Morgan fingerprint density at radius 3 is 1.50 bits per heavy atom. The predicted octanol–water partition coefficient (Wildman–Crippen LogP) is 7.17. The second-order valence-electron chi connectivity index (χ2n) is 8.16. The summed E-state index contributed by atoms with van der Waals surface area (Å²) in [6.07, 6.45) is 1.36. The summed E-state index contributed by atoms with van der Waals surface area (Å²) in [6, 6.07) is 35.9. The van der Waals surface area contributed by atoms with Crippen LogP contribution >= 0.6 is 0 Å². The zero-order valence-corrected chi connectivity index (χ0v) is 20.2. The van der Waals surface area contributed by atoms with E-state index in [-0.39, 0.29) is 11.6 Å². The first kappa shape index (κ1) is 24.3. The summed E-state index contributed by atoms with van der Waals surface area (Å²) in [5, 5.41) is 5.67. The molecule has 0 radical (unpaired) electrons. The molecule has 0 aliphatic rings. The minimum atomic E-state index is -0.428. The maximum absolute atomic E-state index is 12.9. The zero-order chi connectivity index (χ0) is 26.2. The number of pyridine rings is 1. The highest BCUT2D eigenvalue weighted by Crippen LogP contribution is 2.30. The number of hydrogen-bond acceptors (Lipinski definition) is 5. The quantitative estimate of drug-likeness (QED) is 0.235. The Morgan fingerprint density at radius 2 is 1.00 bits per heavy atom. The number of nitrogens with zero attached hydrogens (tertiary/aromatic N) is 1. The van der Waals surface area contributed by atoms with Crippen molar-refractivity contribution in [2.24, 2.45) is 0 Å². The van der Waals surface area contributed by atoms with Crippen LogP contribution in [0.1, 0.15) is 20.8 Å². The summed E-state index contributed by atoms with van der Waals surface area (Å²) in [7, 11) is 0. The van der Waals surface area contributed by atoms with Crippen LogP contribution in [0, 0.1) is 0 Å². The van der Waals surface area contributed by atoms with Gasteiger partial charge < -0.3 is 20.1 Å². The Bertz CT molecular complexity index is 1420. The van der Waals surface area contributed by atoms with Crippen molar-refractivity contribution in [3.05, 3.63) is 139 Å². The van der Waals surface area contributed by atoms with Gasteiger partial charge in [0.1, 0.15) is 17.2 Å². The Balaban J connectivity index is 1.25. The molecule has 4 aromatic carbocycles. The van der Waals surface area contributed by atoms with Crippen LogP contribution < -0.4 is 20.1 Å². The third-order valence-corrected chi connectivity index (χ3v) is 5.47. The van der Waals surface area contributed by atoms with Gasteiger partial charge in [0, 0.05) is 6.20 Å². The summed E-state index contributed by atoms with van der Waals surface area (Å²) in [5.41, 5.74) is 1.46. The molecule has 2 amide bonds. The van der Waals surface area contributed by atoms with Crippen LogP contribution in [-0.4, -0.2) is 16.8 Å². The number of hydrogen-bond donors (Lipinski definition) is 2. The summed E-state index contributed by atoms with van der Waals surface area (Å²) in [6.45, 7) is 0. The lowest BCUT2D eigenvalue weighted by atomic mass is 10.2. The maximum atomic E-state index is 12.9. The van der Waals surface area contributed by atoms with E-state index in [1.807, 2.05) is 72.8 Å². The molecule has 1 aromatic heterocycles. The van der Waals surface area contributed by atoms with Crippen molar-refractivity contribution < 1.29 is 19.1 Å². The molecule has 0 bridgehead atoms. The molecular formula is C31H23N3O4. The minimum absolute atomic E-state index is 0.156. The number of carbonyl (C=O) groups excluding carboxylic acids is 2. The van der Waals surface area contributed by atoms with Crippen LogP contribution in [0.25, 0.3) is 0 Å². The second kappa shape index (κ2) is 11.5. The molecule has 7 nitrogen and oxygen atoms in total. The standard InChI is InChI=1S/C31H23N3O4/c35-30(33-25-15-7-9-17-28(25)37-23-11-3-1-4-12-23)22-19-20-27(32-21-22)31(36)34-26-16-8-10-18-29(26)38-24-13-5-2-6-14-24/h1-21H,(H,33,35)(H,34,36). The van der Waals surface area contributed by atoms with Gasteiger partial charge in [0.05, 0.1) is 16.9 Å². The lowest BCUT2D eigenvalue weighted by molar-refractivity contribution is 0.101. The van der Waals surface area contributed by atoms with Gasteiger partial charge in [-0.2, -0.15) is 0 Å². The number of benzene rings is 4. The van der Waals surface area contributed by atoms with Crippen LogP contribution in [0.4, 0.5) is 11.4 Å². The fourth-order valence-electron chi connectivity index (χ4n) is 3.59. The van der Waals surface area contributed by atoms with Gasteiger partial charge in [-0.25, -0.2) is 0 Å². The minimum Gasteiger partial charge on any atom is -0.455 e. The van der Waals surface area contributed by atoms with Gasteiger partial charge in [0.15, 0.2) is 11.5 Å². The number of amides is 2. The van der Waals surface area contributed by atoms with E-state index in [1.54, 1.807) is 42.5 Å². The number of rotatable bonds is 8. The number of para-hydroxylation sites is 6. The number of carbonyl (C=O) groups is 2. The Hall–Kier alpha value is -5.43. The second-order valence-corrected chi connectivity index (χ2v) is 8.16. The molecule has 38 heavy (non-hydrogen) atoms. The van der Waals surface area contributed by atoms with Crippen molar-refractivity contribution in [1.29, 1.82) is 0 Å². The molecule has 5 rings (SSSR count). The zero-order valence-electron chi connectivity index (χ0n) is 20.2. The van der Waals surface area contributed by atoms with Gasteiger partial charge in [-0.15, -0.1) is 0 Å². The van der Waals surface area contributed by atoms with Crippen molar-refractivity contribution in [2.75, 3.05) is 10.6 Å². The molecule has 0 atom stereocenters. The van der Waals surface area contributed by atoms with Crippen LogP contribution in [0.5, 0.6) is 23.0 Å². The van der Waals surface area contributed by atoms with E-state index in [0.717, 1.165) is 0 Å². The van der Waals surface area contributed by atoms with Gasteiger partial charge in [-0.1, -0.05) is 60.7 Å². The van der Waals surface area contributed by atoms with E-state index < -0.39 is 5.91 Å². The van der Waals surface area contributed by atoms with E-state index in [1.165, 1.54) is 12.3 Å². The van der Waals surface area contributed by atoms with Crippen molar-refractivity contribution in [3.63, 3.8) is 0 Å². The molecule has 2 N–H and O–H groups in total. The van der Waals surface area contributed by atoms with E-state index in [4.69, 9.17) is 9.47 Å². The van der Waals surface area contributed by atoms with Crippen molar-refractivity contribution >= 4 is 23.2 Å². The molecule has 1 heterocycles. The molecule has 0 fully saturated rings. The fourth-order valence-corrected chi connectivity index (χ4v) is 3.59. The van der Waals surface area contributed by atoms with Gasteiger partial charge in [-0.3, -0.25) is 14.6 Å². The lowest BCUT2D eigenvalue weighted by Crippen LogP contribution is -2.16. The highest BCUT2D eigenvalue weighted by molar-refractivity contribution is 6.06. The summed E-state index contributed by atoms with van der Waals surface area (Å²) in [4.78, 5) is 29.9. The van der Waals surface area contributed by atoms with Gasteiger partial charge in [0.2, 0.25) is 0 Å². The normalized spacial score (nSPS) is 10.3. The van der Waals surface area contributed by atoms with Gasteiger partial charge >= 0.3 is 0 Å². The first-order chi connectivity index (χ1) is 18.7. The van der Waals surface area contributed by atoms with E-state index in [2.05, 4.69) is 15.6 Å². The van der Waals surface area contributed by atoms with Crippen LogP contribution in [0.15, 0.2) is 128 Å². The fraction of sp³-hybridized carbons (Fsp3) is 0. The van der Waals surface area contributed by atoms with E-state index in [0.29, 0.717) is 39.9 Å². The summed E-state index contributed by atoms with van der Waals surface area (Å²) in [5.74, 6) is 1.50. The number of ether oxygens (including phenoxy) is 2. The third-order valence-electron chi connectivity index (χ3n) is 5.47. The molecule has 7 heteroatoms. The first-order valence-electron chi connectivity index (χ1n) is 11.9. The van der Waals surface area contributed by atoms with Crippen LogP contribution in [0.3, 0.4) is 0 Å². The molecule has 0 saturated carbocycles. The topological polar surface area (TPSA) is 89.5 Å². The molecule has 186 valence electrons. The SMILES string of the molecule is O=C(Nc1ccccc1Oc1ccccc1)c1ccc(C(=O)Nc2ccccc2Oc2ccccc2)nc1. The highest BCUT2D eigenvalue weighted by atomic mass is 16.5. The molecule has 0 aliphatic carbocycles. The third kappa shape index (κ3) is 6.03. The number of anilines is 2. The van der Waals surface area contributed by atoms with Gasteiger partial charge in [0.25, 0.3) is 11.8 Å². The maximum Gasteiger partial charge on any atom is 0.274 e. The van der Waals surface area contributed by atoms with E-state index in [9.17, 15) is 9.59 Å². The molecule has 0 unspecified atom stereocenters. The van der Waals surface area contributed by atoms with Crippen molar-refractivity contribution in [3.8, 4) is 23.0 Å². The highest BCUT2D eigenvalue weighted by Gasteiger charge is 2.15. The van der Waals surface area contributed by atoms with Gasteiger partial charge in [-0.05, 0) is 60.7 Å². The molecule has 0 aliphatic heterocycles. The van der Waals surface area contributed by atoms with E-state index >= 15 is 0 Å². The molecule has 0 saturated heterocycles. The Morgan fingerprint density at radius 1 is 0.526 bits per heavy atom. The average molecular weight is 502 g/mol. The lowest BCUT2D eigenvalue weighted by Gasteiger charge is -2.13. The number of nitrogens with one attached hydrogen (secondary N) is 2. The molecule has 5 aromatic rings. The average Bonchev–Trinajstić information content (AvgIpc) is 2.96. The largest absolute Gasteiger partial charge is 0.455 e. The predicted molar refractivity (Wildman–Crippen MR) is 146 cm³/mol. The Labute approximate surface area is 219 Å². The summed E-state index contributed by atoms with van der Waals surface area (Å²) < 4.78 is 11.8. The first-order valence-corrected chi connectivity index (χ1v) is 11.9. The molecular weight excluding hydrogens is 478 g/mol. The summed E-state index contributed by atoms with van der Waals surface area (Å²) >= 11 is 0. The molecule has 0 spiro atoms. The monoisotopic (exact) mass is 501 g/mol. The Kier molecular flexibility index (Phi) is 7.37. The smallest absolute Gasteiger partial charge is 0.274 e. The van der Waals surface area contributed by atoms with Crippen LogP contribution in [0.2, 0.25) is 0 Å². The number of aromatic nitrogens is 1. The van der Waals surface area contributed by atoms with Crippen LogP contribution in [-0.2, 0) is 0 Å².